The van der Waals surface area contributed by atoms with Crippen LogP contribution in [0, 0.1) is 29.6 Å². The van der Waals surface area contributed by atoms with E-state index < -0.39 is 0 Å². The molecule has 0 heterocycles. The van der Waals surface area contributed by atoms with Crippen LogP contribution in [0.5, 0.6) is 0 Å². The molecule has 1 N–H and O–H groups in total. The Morgan fingerprint density at radius 2 is 2.25 bits per heavy atom. The van der Waals surface area contributed by atoms with Crippen LogP contribution >= 0.6 is 0 Å². The molecule has 2 saturated carbocycles. The van der Waals surface area contributed by atoms with Crippen LogP contribution in [0.15, 0.2) is 23.8 Å². The summed E-state index contributed by atoms with van der Waals surface area (Å²) in [5.41, 5.74) is 1.64. The van der Waals surface area contributed by atoms with Crippen LogP contribution in [0.2, 0.25) is 0 Å². The lowest BCUT2D eigenvalue weighted by Crippen LogP contribution is -2.20. The molecule has 6 atom stereocenters. The van der Waals surface area contributed by atoms with Crippen LogP contribution < -0.4 is 0 Å². The average Bonchev–Trinajstić information content (AvgIpc) is 2.87. The first-order valence-corrected chi connectivity index (χ1v) is 6.72. The molecule has 0 spiro atoms. The topological polar surface area (TPSA) is 20.2 Å². The Balaban J connectivity index is 1.79. The van der Waals surface area contributed by atoms with Crippen LogP contribution in [0.1, 0.15) is 33.1 Å². The highest BCUT2D eigenvalue weighted by Crippen LogP contribution is 2.58. The Labute approximate surface area is 98.2 Å². The Hall–Kier alpha value is -0.560. The summed E-state index contributed by atoms with van der Waals surface area (Å²) in [6.45, 7) is 4.03. The van der Waals surface area contributed by atoms with Gasteiger partial charge in [-0.1, -0.05) is 30.7 Å². The minimum atomic E-state index is -0.207. The first-order valence-electron chi connectivity index (χ1n) is 6.72. The smallest absolute Gasteiger partial charge is 0.0572 e. The summed E-state index contributed by atoms with van der Waals surface area (Å²) in [7, 11) is 0. The molecule has 16 heavy (non-hydrogen) atoms. The van der Waals surface area contributed by atoms with E-state index in [1.54, 1.807) is 5.57 Å². The lowest BCUT2D eigenvalue weighted by atomic mass is 9.78. The van der Waals surface area contributed by atoms with Crippen molar-refractivity contribution in [1.29, 1.82) is 0 Å². The number of rotatable bonds is 2. The molecule has 88 valence electrons. The van der Waals surface area contributed by atoms with Gasteiger partial charge in [-0.2, -0.15) is 0 Å². The molecule has 2 fully saturated rings. The maximum Gasteiger partial charge on any atom is 0.0572 e. The van der Waals surface area contributed by atoms with Gasteiger partial charge in [-0.05, 0) is 55.8 Å². The van der Waals surface area contributed by atoms with E-state index in [-0.39, 0.29) is 6.10 Å². The van der Waals surface area contributed by atoms with Gasteiger partial charge in [0, 0.05) is 0 Å². The summed E-state index contributed by atoms with van der Waals surface area (Å²) in [5.74, 6) is 3.88. The molecule has 1 heteroatoms. The van der Waals surface area contributed by atoms with Crippen molar-refractivity contribution in [3.63, 3.8) is 0 Å². The molecule has 0 aromatic rings. The monoisotopic (exact) mass is 218 g/mol. The van der Waals surface area contributed by atoms with Gasteiger partial charge >= 0.3 is 0 Å². The van der Waals surface area contributed by atoms with Crippen molar-refractivity contribution in [1.82, 2.24) is 0 Å². The van der Waals surface area contributed by atoms with Crippen LogP contribution in [-0.4, -0.2) is 11.2 Å². The third kappa shape index (κ3) is 1.48. The van der Waals surface area contributed by atoms with E-state index in [9.17, 15) is 5.11 Å². The van der Waals surface area contributed by atoms with E-state index in [1.807, 2.05) is 6.92 Å². The molecule has 3 aliphatic rings. The highest BCUT2D eigenvalue weighted by atomic mass is 16.3. The summed E-state index contributed by atoms with van der Waals surface area (Å²) < 4.78 is 0. The highest BCUT2D eigenvalue weighted by Gasteiger charge is 2.49. The summed E-state index contributed by atoms with van der Waals surface area (Å²) >= 11 is 0. The van der Waals surface area contributed by atoms with Gasteiger partial charge in [0.2, 0.25) is 0 Å². The average molecular weight is 218 g/mol. The van der Waals surface area contributed by atoms with Crippen LogP contribution in [-0.2, 0) is 0 Å². The molecule has 1 unspecified atom stereocenters. The van der Waals surface area contributed by atoms with Crippen LogP contribution in [0.3, 0.4) is 0 Å². The molecule has 2 bridgehead atoms. The van der Waals surface area contributed by atoms with E-state index in [0.717, 1.165) is 23.7 Å². The first-order chi connectivity index (χ1) is 7.66. The number of allylic oxidation sites excluding steroid dienone is 3. The van der Waals surface area contributed by atoms with Crippen LogP contribution in [0.4, 0.5) is 0 Å². The highest BCUT2D eigenvalue weighted by molar-refractivity contribution is 5.27. The number of aliphatic hydroxyl groups excluding tert-OH is 1. The quantitative estimate of drug-likeness (QED) is 0.706. The van der Waals surface area contributed by atoms with Crippen LogP contribution in [0.25, 0.3) is 0 Å². The van der Waals surface area contributed by atoms with Gasteiger partial charge in [-0.25, -0.2) is 0 Å². The summed E-state index contributed by atoms with van der Waals surface area (Å²) in [6.07, 6.45) is 11.0. The molecular weight excluding hydrogens is 196 g/mol. The third-order valence-corrected chi connectivity index (χ3v) is 5.10. The van der Waals surface area contributed by atoms with Crippen molar-refractivity contribution < 1.29 is 5.11 Å². The lowest BCUT2D eigenvalue weighted by molar-refractivity contribution is 0.156. The standard InChI is InChI=1S/C15H22O/c1-9(10(2)16)6-11-7-12-8-15(11)14-5-3-4-13(12)14/h3,5-6,9-10,12-16H,4,7-8H2,1-2H3/t9?,10-,12-,13+,14+,15-/m0/s1. The molecular formula is C15H22O. The molecule has 0 aromatic carbocycles. The second-order valence-corrected chi connectivity index (χ2v) is 6.05. The predicted octanol–water partition coefficient (Wildman–Crippen LogP) is 3.16. The third-order valence-electron chi connectivity index (χ3n) is 5.10. The van der Waals surface area contributed by atoms with Gasteiger partial charge in [0.25, 0.3) is 0 Å². The Kier molecular flexibility index (Phi) is 2.47. The summed E-state index contributed by atoms with van der Waals surface area (Å²) in [4.78, 5) is 0. The second kappa shape index (κ2) is 3.73. The fourth-order valence-electron chi connectivity index (χ4n) is 4.05. The van der Waals surface area contributed by atoms with Gasteiger partial charge in [0.15, 0.2) is 0 Å². The van der Waals surface area contributed by atoms with E-state index >= 15 is 0 Å². The SMILES string of the molecule is CC(C=C1C[C@H]2C[C@@H]1[C@@H]1C=CC[C@H]21)[C@H](C)O. The first kappa shape index (κ1) is 10.6. The largest absolute Gasteiger partial charge is 0.393 e. The van der Waals surface area contributed by atoms with Crippen molar-refractivity contribution in [2.24, 2.45) is 29.6 Å². The van der Waals surface area contributed by atoms with Gasteiger partial charge < -0.3 is 5.11 Å². The van der Waals surface area contributed by atoms with E-state index in [1.165, 1.54) is 19.3 Å². The molecule has 0 saturated heterocycles. The van der Waals surface area contributed by atoms with Crippen molar-refractivity contribution in [2.45, 2.75) is 39.2 Å². The van der Waals surface area contributed by atoms with E-state index in [2.05, 4.69) is 25.2 Å². The molecule has 3 rings (SSSR count). The molecule has 3 aliphatic carbocycles. The van der Waals surface area contributed by atoms with E-state index in [4.69, 9.17) is 0 Å². The number of fused-ring (bicyclic) bond motifs is 5. The number of hydrogen-bond acceptors (Lipinski definition) is 1. The molecule has 0 radical (unpaired) electrons. The summed E-state index contributed by atoms with van der Waals surface area (Å²) in [6, 6.07) is 0. The van der Waals surface area contributed by atoms with Crippen molar-refractivity contribution in [3.05, 3.63) is 23.8 Å². The maximum absolute atomic E-state index is 9.58. The number of hydrogen-bond donors (Lipinski definition) is 1. The molecule has 0 amide bonds. The minimum absolute atomic E-state index is 0.207. The predicted molar refractivity (Wildman–Crippen MR) is 65.9 cm³/mol. The zero-order chi connectivity index (χ0) is 11.3. The van der Waals surface area contributed by atoms with Crippen molar-refractivity contribution in [2.75, 3.05) is 0 Å². The lowest BCUT2D eigenvalue weighted by Gasteiger charge is -2.27. The fraction of sp³-hybridized carbons (Fsp3) is 0.733. The zero-order valence-corrected chi connectivity index (χ0v) is 10.3. The Morgan fingerprint density at radius 3 is 3.00 bits per heavy atom. The van der Waals surface area contributed by atoms with E-state index in [0.29, 0.717) is 5.92 Å². The van der Waals surface area contributed by atoms with Gasteiger partial charge in [-0.15, -0.1) is 0 Å². The normalized spacial score (nSPS) is 46.3. The zero-order valence-electron chi connectivity index (χ0n) is 10.3. The molecule has 0 aliphatic heterocycles. The van der Waals surface area contributed by atoms with Crippen molar-refractivity contribution >= 4 is 0 Å². The van der Waals surface area contributed by atoms with Gasteiger partial charge in [-0.3, -0.25) is 0 Å². The van der Waals surface area contributed by atoms with Crippen molar-refractivity contribution in [3.8, 4) is 0 Å². The maximum atomic E-state index is 9.58. The van der Waals surface area contributed by atoms with Gasteiger partial charge in [0.1, 0.15) is 0 Å². The Bertz CT molecular complexity index is 339. The second-order valence-electron chi connectivity index (χ2n) is 6.05. The van der Waals surface area contributed by atoms with Gasteiger partial charge in [0.05, 0.1) is 6.10 Å². The minimum Gasteiger partial charge on any atom is -0.393 e. The number of aliphatic hydroxyl groups is 1. The molecule has 1 nitrogen and oxygen atoms in total. The molecule has 0 aromatic heterocycles. The Morgan fingerprint density at radius 1 is 1.44 bits per heavy atom. The summed E-state index contributed by atoms with van der Waals surface area (Å²) in [5, 5.41) is 9.58. The fourth-order valence-corrected chi connectivity index (χ4v) is 4.05.